The molecule has 8 nitrogen and oxygen atoms in total. The van der Waals surface area contributed by atoms with Crippen LogP contribution in [0.4, 0.5) is 5.69 Å². The van der Waals surface area contributed by atoms with E-state index in [2.05, 4.69) is 5.32 Å². The van der Waals surface area contributed by atoms with Crippen LogP contribution in [0, 0.1) is 0 Å². The molecule has 0 bridgehead atoms. The van der Waals surface area contributed by atoms with Gasteiger partial charge in [-0.3, -0.25) is 13.9 Å². The van der Waals surface area contributed by atoms with Gasteiger partial charge in [0.25, 0.3) is 0 Å². The van der Waals surface area contributed by atoms with Gasteiger partial charge in [0.1, 0.15) is 18.3 Å². The maximum absolute atomic E-state index is 13.6. The molecular formula is C24H31Cl2N3O5S. The fourth-order valence-corrected chi connectivity index (χ4v) is 4.72. The average Bonchev–Trinajstić information content (AvgIpc) is 2.80. The Morgan fingerprint density at radius 2 is 1.80 bits per heavy atom. The van der Waals surface area contributed by atoms with Crippen LogP contribution in [0.1, 0.15) is 32.8 Å². The van der Waals surface area contributed by atoms with Gasteiger partial charge in [-0.25, -0.2) is 8.42 Å². The van der Waals surface area contributed by atoms with Crippen LogP contribution in [0.15, 0.2) is 42.5 Å². The van der Waals surface area contributed by atoms with E-state index in [1.54, 1.807) is 31.2 Å². The molecule has 0 aliphatic carbocycles. The molecular weight excluding hydrogens is 513 g/mol. The summed E-state index contributed by atoms with van der Waals surface area (Å²) < 4.78 is 31.4. The van der Waals surface area contributed by atoms with Crippen molar-refractivity contribution in [1.82, 2.24) is 10.2 Å². The van der Waals surface area contributed by atoms with Gasteiger partial charge in [0.05, 0.1) is 24.1 Å². The Bertz CT molecular complexity index is 1160. The summed E-state index contributed by atoms with van der Waals surface area (Å²) in [5, 5.41) is 3.29. The van der Waals surface area contributed by atoms with Gasteiger partial charge in [0.2, 0.25) is 21.8 Å². The van der Waals surface area contributed by atoms with Crippen LogP contribution >= 0.6 is 23.2 Å². The number of hydrogen-bond donors (Lipinski definition) is 1. The Balaban J connectivity index is 2.43. The summed E-state index contributed by atoms with van der Waals surface area (Å²) in [4.78, 5) is 27.8. The van der Waals surface area contributed by atoms with Crippen molar-refractivity contribution in [2.24, 2.45) is 0 Å². The van der Waals surface area contributed by atoms with Gasteiger partial charge in [-0.05, 0) is 56.2 Å². The monoisotopic (exact) mass is 543 g/mol. The lowest BCUT2D eigenvalue weighted by molar-refractivity contribution is -0.139. The van der Waals surface area contributed by atoms with E-state index < -0.39 is 28.5 Å². The summed E-state index contributed by atoms with van der Waals surface area (Å²) >= 11 is 12.2. The van der Waals surface area contributed by atoms with Crippen LogP contribution in [-0.2, 0) is 26.2 Å². The Hall–Kier alpha value is -2.49. The number of hydrogen-bond acceptors (Lipinski definition) is 5. The molecule has 0 saturated carbocycles. The van der Waals surface area contributed by atoms with E-state index in [0.29, 0.717) is 10.8 Å². The van der Waals surface area contributed by atoms with Gasteiger partial charge in [-0.1, -0.05) is 42.3 Å². The van der Waals surface area contributed by atoms with Crippen molar-refractivity contribution < 1.29 is 22.7 Å². The molecule has 11 heteroatoms. The van der Waals surface area contributed by atoms with Gasteiger partial charge in [-0.2, -0.15) is 0 Å². The summed E-state index contributed by atoms with van der Waals surface area (Å²) in [6, 6.07) is 10.5. The van der Waals surface area contributed by atoms with Gasteiger partial charge in [-0.15, -0.1) is 0 Å². The van der Waals surface area contributed by atoms with Crippen molar-refractivity contribution in [2.75, 3.05) is 24.2 Å². The lowest BCUT2D eigenvalue weighted by atomic mass is 10.1. The SMILES string of the molecule is CCC(C)NC(=O)C(C)N(Cc1cccc(OC)c1)C(=O)CN(c1ccc(Cl)cc1Cl)S(C)(=O)=O. The molecule has 0 saturated heterocycles. The van der Waals surface area contributed by atoms with Gasteiger partial charge in [0.15, 0.2) is 0 Å². The summed E-state index contributed by atoms with van der Waals surface area (Å²) in [7, 11) is -2.36. The van der Waals surface area contributed by atoms with Gasteiger partial charge < -0.3 is 15.0 Å². The Labute approximate surface area is 217 Å². The molecule has 2 aromatic carbocycles. The van der Waals surface area contributed by atoms with Crippen LogP contribution in [0.5, 0.6) is 5.75 Å². The Kier molecular flexibility index (Phi) is 10.2. The molecule has 2 atom stereocenters. The number of ether oxygens (including phenoxy) is 1. The first-order valence-corrected chi connectivity index (χ1v) is 13.6. The van der Waals surface area contributed by atoms with Gasteiger partial charge in [0, 0.05) is 17.6 Å². The molecule has 192 valence electrons. The molecule has 0 fully saturated rings. The number of amides is 2. The highest BCUT2D eigenvalue weighted by molar-refractivity contribution is 7.92. The molecule has 2 unspecified atom stereocenters. The van der Waals surface area contributed by atoms with Crippen LogP contribution in [0.2, 0.25) is 10.0 Å². The molecule has 0 aliphatic rings. The van der Waals surface area contributed by atoms with E-state index in [9.17, 15) is 18.0 Å². The number of nitrogens with zero attached hydrogens (tertiary/aromatic N) is 2. The summed E-state index contributed by atoms with van der Waals surface area (Å²) in [6.07, 6.45) is 1.70. The zero-order chi connectivity index (χ0) is 26.3. The highest BCUT2D eigenvalue weighted by atomic mass is 35.5. The van der Waals surface area contributed by atoms with Crippen LogP contribution in [0.25, 0.3) is 0 Å². The fraction of sp³-hybridized carbons (Fsp3) is 0.417. The maximum Gasteiger partial charge on any atom is 0.244 e. The quantitative estimate of drug-likeness (QED) is 0.460. The minimum Gasteiger partial charge on any atom is -0.497 e. The van der Waals surface area contributed by atoms with E-state index in [4.69, 9.17) is 27.9 Å². The summed E-state index contributed by atoms with van der Waals surface area (Å²) in [5.74, 6) is -0.320. The number of anilines is 1. The number of carbonyl (C=O) groups excluding carboxylic acids is 2. The summed E-state index contributed by atoms with van der Waals surface area (Å²) in [6.45, 7) is 4.93. The molecule has 2 amide bonds. The van der Waals surface area contributed by atoms with Crippen molar-refractivity contribution in [3.05, 3.63) is 58.1 Å². The predicted molar refractivity (Wildman–Crippen MR) is 140 cm³/mol. The number of benzene rings is 2. The van der Waals surface area contributed by atoms with Crippen LogP contribution in [-0.4, -0.2) is 57.1 Å². The van der Waals surface area contributed by atoms with Crippen molar-refractivity contribution in [3.8, 4) is 5.75 Å². The third kappa shape index (κ3) is 8.02. The number of sulfonamides is 1. The maximum atomic E-state index is 13.6. The second-order valence-corrected chi connectivity index (χ2v) is 11.0. The number of carbonyl (C=O) groups is 2. The zero-order valence-electron chi connectivity index (χ0n) is 20.4. The minimum atomic E-state index is -3.90. The first-order valence-electron chi connectivity index (χ1n) is 11.0. The highest BCUT2D eigenvalue weighted by Crippen LogP contribution is 2.30. The molecule has 0 aliphatic heterocycles. The molecule has 35 heavy (non-hydrogen) atoms. The molecule has 0 radical (unpaired) electrons. The van der Waals surface area contributed by atoms with Crippen LogP contribution < -0.4 is 14.4 Å². The predicted octanol–water partition coefficient (Wildman–Crippen LogP) is 4.10. The zero-order valence-corrected chi connectivity index (χ0v) is 22.7. The lowest BCUT2D eigenvalue weighted by Crippen LogP contribution is -2.52. The minimum absolute atomic E-state index is 0.0665. The topological polar surface area (TPSA) is 96.0 Å². The molecule has 0 heterocycles. The molecule has 2 aromatic rings. The Morgan fingerprint density at radius 3 is 2.37 bits per heavy atom. The van der Waals surface area contributed by atoms with Crippen molar-refractivity contribution >= 4 is 50.7 Å². The van der Waals surface area contributed by atoms with Crippen molar-refractivity contribution in [1.29, 1.82) is 0 Å². The van der Waals surface area contributed by atoms with E-state index in [1.807, 2.05) is 13.8 Å². The normalized spacial score (nSPS) is 13.0. The largest absolute Gasteiger partial charge is 0.497 e. The third-order valence-corrected chi connectivity index (χ3v) is 7.18. The van der Waals surface area contributed by atoms with Gasteiger partial charge >= 0.3 is 0 Å². The number of methoxy groups -OCH3 is 1. The smallest absolute Gasteiger partial charge is 0.244 e. The second kappa shape index (κ2) is 12.5. The lowest BCUT2D eigenvalue weighted by Gasteiger charge is -2.32. The number of rotatable bonds is 11. The highest BCUT2D eigenvalue weighted by Gasteiger charge is 2.31. The van der Waals surface area contributed by atoms with E-state index >= 15 is 0 Å². The standard InChI is InChI=1S/C24H31Cl2N3O5S/c1-6-16(2)27-24(31)17(3)28(14-18-8-7-9-20(12-18)34-4)23(30)15-29(35(5,32)33)22-11-10-19(25)13-21(22)26/h7-13,16-17H,6,14-15H2,1-5H3,(H,27,31). The van der Waals surface area contributed by atoms with Crippen molar-refractivity contribution in [2.45, 2.75) is 45.8 Å². The summed E-state index contributed by atoms with van der Waals surface area (Å²) in [5.41, 5.74) is 0.835. The molecule has 0 spiro atoms. The first-order chi connectivity index (χ1) is 16.4. The van der Waals surface area contributed by atoms with Crippen LogP contribution in [0.3, 0.4) is 0 Å². The van der Waals surface area contributed by atoms with E-state index in [1.165, 1.54) is 30.2 Å². The van der Waals surface area contributed by atoms with E-state index in [0.717, 1.165) is 22.5 Å². The molecule has 1 N–H and O–H groups in total. The number of nitrogens with one attached hydrogen (secondary N) is 1. The van der Waals surface area contributed by atoms with E-state index in [-0.39, 0.29) is 29.2 Å². The Morgan fingerprint density at radius 1 is 1.11 bits per heavy atom. The molecule has 0 aromatic heterocycles. The van der Waals surface area contributed by atoms with Crippen molar-refractivity contribution in [3.63, 3.8) is 0 Å². The molecule has 2 rings (SSSR count). The number of halogens is 2. The third-order valence-electron chi connectivity index (χ3n) is 5.51. The average molecular weight is 545 g/mol. The fourth-order valence-electron chi connectivity index (χ4n) is 3.29. The first kappa shape index (κ1) is 28.7. The second-order valence-electron chi connectivity index (χ2n) is 8.23.